The Hall–Kier alpha value is 0.340. The van der Waals surface area contributed by atoms with Gasteiger partial charge in [0.2, 0.25) is 0 Å². The zero-order valence-electron chi connectivity index (χ0n) is 15.0. The third kappa shape index (κ3) is 5.91. The first kappa shape index (κ1) is 23.4. The molecule has 0 radical (unpaired) electrons. The van der Waals surface area contributed by atoms with Crippen LogP contribution >= 0.6 is 24.8 Å². The molecule has 3 N–H and O–H groups in total. The number of nitrogens with one attached hydrogen (secondary N) is 1. The Labute approximate surface area is 163 Å². The molecule has 0 aliphatic carbocycles. The maximum atomic E-state index is 10.6. The van der Waals surface area contributed by atoms with Crippen molar-refractivity contribution in [1.29, 1.82) is 0 Å². The van der Waals surface area contributed by atoms with Crippen molar-refractivity contribution in [3.63, 3.8) is 0 Å². The zero-order valence-corrected chi connectivity index (χ0v) is 16.6. The Morgan fingerprint density at radius 3 is 2.28 bits per heavy atom. The van der Waals surface area contributed by atoms with E-state index in [2.05, 4.69) is 17.1 Å². The predicted octanol–water partition coefficient (Wildman–Crippen LogP) is 0.820. The van der Waals surface area contributed by atoms with Crippen molar-refractivity contribution in [1.82, 2.24) is 10.2 Å². The minimum Gasteiger partial charge on any atom is -0.394 e. The molecule has 3 fully saturated rings. The molecule has 0 aromatic carbocycles. The average Bonchev–Trinajstić information content (AvgIpc) is 2.90. The second-order valence-electron chi connectivity index (χ2n) is 7.39. The van der Waals surface area contributed by atoms with E-state index < -0.39 is 12.2 Å². The van der Waals surface area contributed by atoms with Crippen LogP contribution in [0.2, 0.25) is 0 Å². The van der Waals surface area contributed by atoms with Crippen molar-refractivity contribution in [2.45, 2.75) is 63.0 Å². The summed E-state index contributed by atoms with van der Waals surface area (Å²) >= 11 is 0. The van der Waals surface area contributed by atoms with E-state index in [1.54, 1.807) is 0 Å². The summed E-state index contributed by atoms with van der Waals surface area (Å²) in [5.41, 5.74) is 0. The number of hydrogen-bond donors (Lipinski definition) is 3. The van der Waals surface area contributed by atoms with E-state index in [9.17, 15) is 10.2 Å². The molecule has 3 saturated heterocycles. The largest absolute Gasteiger partial charge is 0.394 e. The second-order valence-corrected chi connectivity index (χ2v) is 7.39. The van der Waals surface area contributed by atoms with E-state index >= 15 is 0 Å². The standard InChI is InChI=1S/C17H32N2O4.2ClH/c1-12-2-6-19(7-3-12)16-14(23-15(11-20)17(16)21)10-18-13-4-8-22-9-5-13;;/h12-18,20-21H,2-11H2,1H3;2*1H/t14-,15+,16+,17-;;/m1../s1. The fraction of sp³-hybridized carbons (Fsp3) is 1.00. The highest BCUT2D eigenvalue weighted by molar-refractivity contribution is 5.85. The molecule has 3 aliphatic rings. The smallest absolute Gasteiger partial charge is 0.109 e. The van der Waals surface area contributed by atoms with Crippen molar-refractivity contribution in [3.8, 4) is 0 Å². The van der Waals surface area contributed by atoms with Gasteiger partial charge in [-0.05, 0) is 44.7 Å². The first-order chi connectivity index (χ1) is 11.2. The number of aliphatic hydroxyl groups is 2. The second kappa shape index (κ2) is 11.2. The van der Waals surface area contributed by atoms with Crippen molar-refractivity contribution in [3.05, 3.63) is 0 Å². The Morgan fingerprint density at radius 1 is 1.04 bits per heavy atom. The monoisotopic (exact) mass is 400 g/mol. The van der Waals surface area contributed by atoms with Crippen LogP contribution in [0.15, 0.2) is 0 Å². The fourth-order valence-corrected chi connectivity index (χ4v) is 4.11. The average molecular weight is 401 g/mol. The summed E-state index contributed by atoms with van der Waals surface area (Å²) in [5, 5.41) is 23.7. The molecule has 0 saturated carbocycles. The van der Waals surface area contributed by atoms with Crippen LogP contribution in [0, 0.1) is 5.92 Å². The van der Waals surface area contributed by atoms with E-state index in [0.717, 1.165) is 51.6 Å². The number of piperidine rings is 1. The maximum absolute atomic E-state index is 10.6. The van der Waals surface area contributed by atoms with Crippen LogP contribution in [-0.4, -0.2) is 85.0 Å². The minimum absolute atomic E-state index is 0. The van der Waals surface area contributed by atoms with Gasteiger partial charge in [0.05, 0.1) is 18.8 Å². The van der Waals surface area contributed by atoms with Gasteiger partial charge in [0, 0.05) is 25.8 Å². The maximum Gasteiger partial charge on any atom is 0.109 e. The summed E-state index contributed by atoms with van der Waals surface area (Å²) < 4.78 is 11.4. The van der Waals surface area contributed by atoms with Crippen LogP contribution in [0.3, 0.4) is 0 Å². The number of halogens is 2. The SMILES string of the molecule is CC1CCN([C@@H]2[C@H](O)[C@H](CO)O[C@@H]2CNC2CCOCC2)CC1.Cl.Cl. The van der Waals surface area contributed by atoms with Gasteiger partial charge >= 0.3 is 0 Å². The van der Waals surface area contributed by atoms with Gasteiger partial charge < -0.3 is 25.0 Å². The Morgan fingerprint density at radius 2 is 1.68 bits per heavy atom. The molecule has 8 heteroatoms. The van der Waals surface area contributed by atoms with Gasteiger partial charge in [0.25, 0.3) is 0 Å². The molecule has 0 aromatic rings. The number of hydrogen-bond acceptors (Lipinski definition) is 6. The van der Waals surface area contributed by atoms with E-state index in [4.69, 9.17) is 9.47 Å². The fourth-order valence-electron chi connectivity index (χ4n) is 4.11. The van der Waals surface area contributed by atoms with Gasteiger partial charge in [-0.3, -0.25) is 4.90 Å². The van der Waals surface area contributed by atoms with Crippen LogP contribution in [0.5, 0.6) is 0 Å². The lowest BCUT2D eigenvalue weighted by molar-refractivity contribution is -0.0230. The molecular formula is C17H34Cl2N2O4. The van der Waals surface area contributed by atoms with Gasteiger partial charge in [-0.15, -0.1) is 24.8 Å². The molecule has 3 heterocycles. The van der Waals surface area contributed by atoms with Crippen LogP contribution in [-0.2, 0) is 9.47 Å². The van der Waals surface area contributed by atoms with E-state index in [-0.39, 0.29) is 43.6 Å². The lowest BCUT2D eigenvalue weighted by atomic mass is 9.94. The van der Waals surface area contributed by atoms with Gasteiger partial charge in [-0.25, -0.2) is 0 Å². The molecule has 6 nitrogen and oxygen atoms in total. The highest BCUT2D eigenvalue weighted by atomic mass is 35.5. The summed E-state index contributed by atoms with van der Waals surface area (Å²) in [6.45, 7) is 6.57. The van der Waals surface area contributed by atoms with Crippen LogP contribution < -0.4 is 5.32 Å². The van der Waals surface area contributed by atoms with Crippen molar-refractivity contribution >= 4 is 24.8 Å². The molecule has 3 aliphatic heterocycles. The van der Waals surface area contributed by atoms with E-state index in [1.807, 2.05) is 0 Å². The van der Waals surface area contributed by atoms with Crippen molar-refractivity contribution < 1.29 is 19.7 Å². The topological polar surface area (TPSA) is 74.2 Å². The molecule has 25 heavy (non-hydrogen) atoms. The van der Waals surface area contributed by atoms with Gasteiger partial charge in [0.15, 0.2) is 0 Å². The number of ether oxygens (including phenoxy) is 2. The Bertz CT molecular complexity index is 367. The lowest BCUT2D eigenvalue weighted by Crippen LogP contribution is -2.53. The third-order valence-electron chi connectivity index (χ3n) is 5.71. The summed E-state index contributed by atoms with van der Waals surface area (Å²) in [4.78, 5) is 2.37. The van der Waals surface area contributed by atoms with Gasteiger partial charge in [-0.1, -0.05) is 6.92 Å². The summed E-state index contributed by atoms with van der Waals surface area (Å²) in [5.74, 6) is 0.762. The third-order valence-corrected chi connectivity index (χ3v) is 5.71. The molecule has 0 unspecified atom stereocenters. The van der Waals surface area contributed by atoms with E-state index in [1.165, 1.54) is 12.8 Å². The van der Waals surface area contributed by atoms with Crippen molar-refractivity contribution in [2.75, 3.05) is 39.5 Å². The normalized spacial score (nSPS) is 35.2. The first-order valence-electron chi connectivity index (χ1n) is 9.18. The summed E-state index contributed by atoms with van der Waals surface area (Å²) in [6, 6.07) is 0.465. The van der Waals surface area contributed by atoms with Gasteiger partial charge in [-0.2, -0.15) is 0 Å². The summed E-state index contributed by atoms with van der Waals surface area (Å²) in [6.07, 6.45) is 3.30. The predicted molar refractivity (Wildman–Crippen MR) is 102 cm³/mol. The molecular weight excluding hydrogens is 367 g/mol. The van der Waals surface area contributed by atoms with Crippen LogP contribution in [0.25, 0.3) is 0 Å². The number of nitrogens with zero attached hydrogens (tertiary/aromatic N) is 1. The number of likely N-dealkylation sites (tertiary alicyclic amines) is 1. The molecule has 150 valence electrons. The van der Waals surface area contributed by atoms with Crippen LogP contribution in [0.1, 0.15) is 32.6 Å². The van der Waals surface area contributed by atoms with Crippen LogP contribution in [0.4, 0.5) is 0 Å². The molecule has 0 amide bonds. The molecule has 4 atom stereocenters. The highest BCUT2D eigenvalue weighted by Gasteiger charge is 2.46. The number of rotatable bonds is 5. The Balaban J connectivity index is 0.00000156. The molecule has 0 spiro atoms. The number of aliphatic hydroxyl groups excluding tert-OH is 2. The molecule has 3 rings (SSSR count). The first-order valence-corrected chi connectivity index (χ1v) is 9.18. The zero-order chi connectivity index (χ0) is 16.2. The lowest BCUT2D eigenvalue weighted by Gasteiger charge is -2.38. The highest BCUT2D eigenvalue weighted by Crippen LogP contribution is 2.29. The Kier molecular flexibility index (Phi) is 10.5. The minimum atomic E-state index is -0.602. The molecule has 0 aromatic heterocycles. The van der Waals surface area contributed by atoms with E-state index in [0.29, 0.717) is 6.04 Å². The van der Waals surface area contributed by atoms with Crippen molar-refractivity contribution in [2.24, 2.45) is 5.92 Å². The quantitative estimate of drug-likeness (QED) is 0.634. The molecule has 0 bridgehead atoms. The van der Waals surface area contributed by atoms with Gasteiger partial charge in [0.1, 0.15) is 12.2 Å². The summed E-state index contributed by atoms with van der Waals surface area (Å²) in [7, 11) is 0.